The number of hydrogen-bond donors (Lipinski definition) is 2. The minimum atomic E-state index is -0.387. The average Bonchev–Trinajstić information content (AvgIpc) is 3.26. The van der Waals surface area contributed by atoms with E-state index >= 15 is 0 Å². The number of nitrogens with one attached hydrogen (secondary N) is 2. The first-order valence-electron chi connectivity index (χ1n) is 10.3. The van der Waals surface area contributed by atoms with Gasteiger partial charge in [-0.2, -0.15) is 0 Å². The number of aromatic nitrogens is 3. The molecule has 0 fully saturated rings. The second-order valence-electron chi connectivity index (χ2n) is 7.22. The maximum atomic E-state index is 13.1. The van der Waals surface area contributed by atoms with Crippen LogP contribution in [0, 0.1) is 5.82 Å². The molecule has 0 atom stereocenters. The van der Waals surface area contributed by atoms with Crippen molar-refractivity contribution < 1.29 is 14.0 Å². The van der Waals surface area contributed by atoms with Crippen molar-refractivity contribution >= 4 is 52.5 Å². The minimum absolute atomic E-state index is 0.0507. The van der Waals surface area contributed by atoms with Gasteiger partial charge < -0.3 is 10.6 Å². The molecule has 178 valence electrons. The number of benzene rings is 3. The van der Waals surface area contributed by atoms with Gasteiger partial charge >= 0.3 is 0 Å². The molecule has 0 aliphatic carbocycles. The molecule has 4 aromatic rings. The molecule has 0 saturated heterocycles. The predicted molar refractivity (Wildman–Crippen MR) is 135 cm³/mol. The number of amides is 2. The summed E-state index contributed by atoms with van der Waals surface area (Å²) in [6.45, 7) is 0.0714. The molecule has 0 unspecified atom stereocenters. The quantitative estimate of drug-likeness (QED) is 0.299. The topological polar surface area (TPSA) is 88.9 Å². The lowest BCUT2D eigenvalue weighted by molar-refractivity contribution is -0.113. The van der Waals surface area contributed by atoms with E-state index in [0.29, 0.717) is 21.7 Å². The monoisotopic (exact) mass is 529 g/mol. The molecule has 0 aliphatic rings. The van der Waals surface area contributed by atoms with E-state index in [1.54, 1.807) is 16.7 Å². The van der Waals surface area contributed by atoms with Crippen LogP contribution in [0.2, 0.25) is 10.0 Å². The van der Waals surface area contributed by atoms with Crippen molar-refractivity contribution in [1.29, 1.82) is 0 Å². The lowest BCUT2D eigenvalue weighted by Gasteiger charge is -2.11. The number of nitrogens with zero attached hydrogens (tertiary/aromatic N) is 3. The van der Waals surface area contributed by atoms with Gasteiger partial charge in [0.1, 0.15) is 5.82 Å². The minimum Gasteiger partial charge on any atom is -0.345 e. The van der Waals surface area contributed by atoms with E-state index in [1.165, 1.54) is 42.1 Å². The zero-order valence-electron chi connectivity index (χ0n) is 18.0. The van der Waals surface area contributed by atoms with E-state index in [1.807, 2.05) is 30.3 Å². The van der Waals surface area contributed by atoms with Crippen LogP contribution in [0.5, 0.6) is 0 Å². The third kappa shape index (κ3) is 6.39. The summed E-state index contributed by atoms with van der Waals surface area (Å²) in [5.41, 5.74) is 1.55. The highest BCUT2D eigenvalue weighted by molar-refractivity contribution is 7.99. The third-order valence-corrected chi connectivity index (χ3v) is 6.23. The summed E-state index contributed by atoms with van der Waals surface area (Å²) in [5, 5.41) is 15.1. The third-order valence-electron chi connectivity index (χ3n) is 4.76. The Morgan fingerprint density at radius 1 is 0.971 bits per heavy atom. The van der Waals surface area contributed by atoms with E-state index in [-0.39, 0.29) is 40.5 Å². The fourth-order valence-corrected chi connectivity index (χ4v) is 4.40. The van der Waals surface area contributed by atoms with E-state index in [4.69, 9.17) is 23.2 Å². The molecule has 35 heavy (non-hydrogen) atoms. The first-order valence-corrected chi connectivity index (χ1v) is 12.1. The van der Waals surface area contributed by atoms with Crippen molar-refractivity contribution in [3.05, 3.63) is 100 Å². The molecule has 0 spiro atoms. The molecule has 1 heterocycles. The van der Waals surface area contributed by atoms with Gasteiger partial charge in [0.2, 0.25) is 5.91 Å². The maximum absolute atomic E-state index is 13.1. The van der Waals surface area contributed by atoms with Gasteiger partial charge in [0, 0.05) is 16.4 Å². The Bertz CT molecular complexity index is 1350. The van der Waals surface area contributed by atoms with Gasteiger partial charge in [-0.05, 0) is 54.6 Å². The highest BCUT2D eigenvalue weighted by Crippen LogP contribution is 2.24. The Hall–Kier alpha value is -3.40. The van der Waals surface area contributed by atoms with E-state index in [0.717, 1.165) is 5.69 Å². The Morgan fingerprint density at radius 3 is 2.43 bits per heavy atom. The molecule has 11 heteroatoms. The number of hydrogen-bond acceptors (Lipinski definition) is 5. The fraction of sp³-hybridized carbons (Fsp3) is 0.0833. The second-order valence-corrected chi connectivity index (χ2v) is 9.01. The van der Waals surface area contributed by atoms with Crippen LogP contribution in [0.25, 0.3) is 5.69 Å². The van der Waals surface area contributed by atoms with Crippen molar-refractivity contribution in [2.24, 2.45) is 0 Å². The first-order chi connectivity index (χ1) is 16.9. The second kappa shape index (κ2) is 11.4. The number of carbonyl (C=O) groups excluding carboxylic acids is 2. The first kappa shape index (κ1) is 24.7. The van der Waals surface area contributed by atoms with Crippen molar-refractivity contribution in [1.82, 2.24) is 20.1 Å². The van der Waals surface area contributed by atoms with Crippen LogP contribution in [0.4, 0.5) is 10.1 Å². The molecule has 0 saturated carbocycles. The normalized spacial score (nSPS) is 10.7. The summed E-state index contributed by atoms with van der Waals surface area (Å²) in [5.74, 6) is -0.532. The molecule has 3 aromatic carbocycles. The van der Waals surface area contributed by atoms with Crippen molar-refractivity contribution in [3.8, 4) is 5.69 Å². The molecule has 0 bridgehead atoms. The zero-order valence-corrected chi connectivity index (χ0v) is 20.4. The summed E-state index contributed by atoms with van der Waals surface area (Å²) in [4.78, 5) is 25.0. The van der Waals surface area contributed by atoms with E-state index in [9.17, 15) is 14.0 Å². The number of thioether (sulfide) groups is 1. The summed E-state index contributed by atoms with van der Waals surface area (Å²) in [6.07, 6.45) is 0. The SMILES string of the molecule is O=C(CSc1nnc(CNC(=O)c2ccc(Cl)cc2Cl)n1-c1ccccc1)Nc1ccc(F)cc1. The maximum Gasteiger partial charge on any atom is 0.253 e. The molecule has 7 nitrogen and oxygen atoms in total. The molecule has 2 N–H and O–H groups in total. The Morgan fingerprint density at radius 2 is 1.71 bits per heavy atom. The molecule has 0 radical (unpaired) electrons. The average molecular weight is 530 g/mol. The largest absolute Gasteiger partial charge is 0.345 e. The number of rotatable bonds is 8. The van der Waals surface area contributed by atoms with Crippen LogP contribution < -0.4 is 10.6 Å². The molecular formula is C24H18Cl2FN5O2S. The predicted octanol–water partition coefficient (Wildman–Crippen LogP) is 5.37. The summed E-state index contributed by atoms with van der Waals surface area (Å²) in [7, 11) is 0. The smallest absolute Gasteiger partial charge is 0.253 e. The van der Waals surface area contributed by atoms with Crippen molar-refractivity contribution in [2.45, 2.75) is 11.7 Å². The summed E-state index contributed by atoms with van der Waals surface area (Å²) in [6, 6.07) is 19.5. The van der Waals surface area contributed by atoms with Crippen LogP contribution in [0.15, 0.2) is 78.0 Å². The van der Waals surface area contributed by atoms with Gasteiger partial charge in [-0.15, -0.1) is 10.2 Å². The van der Waals surface area contributed by atoms with Gasteiger partial charge in [0.25, 0.3) is 5.91 Å². The molecule has 4 rings (SSSR count). The van der Waals surface area contributed by atoms with Gasteiger partial charge in [-0.25, -0.2) is 4.39 Å². The van der Waals surface area contributed by atoms with Gasteiger partial charge in [-0.3, -0.25) is 14.2 Å². The van der Waals surface area contributed by atoms with Crippen molar-refractivity contribution in [3.63, 3.8) is 0 Å². The van der Waals surface area contributed by atoms with Crippen LogP contribution in [-0.4, -0.2) is 32.3 Å². The fourth-order valence-electron chi connectivity index (χ4n) is 3.13. The van der Waals surface area contributed by atoms with E-state index < -0.39 is 0 Å². The lowest BCUT2D eigenvalue weighted by Crippen LogP contribution is -2.25. The van der Waals surface area contributed by atoms with E-state index in [2.05, 4.69) is 20.8 Å². The Kier molecular flexibility index (Phi) is 8.02. The number of halogens is 3. The Balaban J connectivity index is 1.48. The molecular weight excluding hydrogens is 512 g/mol. The Labute approximate surface area is 214 Å². The van der Waals surface area contributed by atoms with Crippen LogP contribution in [0.1, 0.15) is 16.2 Å². The van der Waals surface area contributed by atoms with Crippen LogP contribution in [0.3, 0.4) is 0 Å². The summed E-state index contributed by atoms with van der Waals surface area (Å²) < 4.78 is 14.8. The van der Waals surface area contributed by atoms with Gasteiger partial charge in [0.15, 0.2) is 11.0 Å². The van der Waals surface area contributed by atoms with Crippen LogP contribution in [-0.2, 0) is 11.3 Å². The summed E-state index contributed by atoms with van der Waals surface area (Å²) >= 11 is 13.2. The zero-order chi connectivity index (χ0) is 24.8. The van der Waals surface area contributed by atoms with Crippen molar-refractivity contribution in [2.75, 3.05) is 11.1 Å². The lowest BCUT2D eigenvalue weighted by atomic mass is 10.2. The molecule has 0 aliphatic heterocycles. The number of anilines is 1. The molecule has 1 aromatic heterocycles. The number of carbonyl (C=O) groups is 2. The number of para-hydroxylation sites is 1. The van der Waals surface area contributed by atoms with Gasteiger partial charge in [0.05, 0.1) is 22.9 Å². The van der Waals surface area contributed by atoms with Crippen LogP contribution >= 0.6 is 35.0 Å². The van der Waals surface area contributed by atoms with Gasteiger partial charge in [-0.1, -0.05) is 53.2 Å². The standard InChI is InChI=1S/C24H18Cl2FN5O2S/c25-15-6-11-19(20(26)12-15)23(34)28-13-21-30-31-24(32(21)18-4-2-1-3-5-18)35-14-22(33)29-17-9-7-16(27)8-10-17/h1-12H,13-14H2,(H,28,34)(H,29,33). The molecule has 2 amide bonds. The highest BCUT2D eigenvalue weighted by atomic mass is 35.5. The highest BCUT2D eigenvalue weighted by Gasteiger charge is 2.18.